The zero-order chi connectivity index (χ0) is 11.3. The number of hydrogen-bond donors (Lipinski definition) is 0. The van der Waals surface area contributed by atoms with E-state index in [0.717, 1.165) is 11.5 Å². The second-order valence-electron chi connectivity index (χ2n) is 3.66. The molecule has 0 aliphatic carbocycles. The van der Waals surface area contributed by atoms with Crippen molar-refractivity contribution in [3.05, 3.63) is 36.4 Å². The SMILES string of the molecule is C=CCOc1ccc(C(C)C)cc1OC. The molecule has 0 unspecified atom stereocenters. The Morgan fingerprint density at radius 2 is 2.07 bits per heavy atom. The average Bonchev–Trinajstić information content (AvgIpc) is 2.25. The minimum atomic E-state index is 0.493. The summed E-state index contributed by atoms with van der Waals surface area (Å²) >= 11 is 0. The molecule has 15 heavy (non-hydrogen) atoms. The predicted octanol–water partition coefficient (Wildman–Crippen LogP) is 3.38. The van der Waals surface area contributed by atoms with E-state index in [4.69, 9.17) is 9.47 Å². The van der Waals surface area contributed by atoms with Crippen LogP contribution in [0.2, 0.25) is 0 Å². The smallest absolute Gasteiger partial charge is 0.161 e. The average molecular weight is 206 g/mol. The van der Waals surface area contributed by atoms with Gasteiger partial charge in [0.2, 0.25) is 0 Å². The van der Waals surface area contributed by atoms with Gasteiger partial charge in [0.1, 0.15) is 6.61 Å². The molecule has 2 heteroatoms. The van der Waals surface area contributed by atoms with E-state index in [9.17, 15) is 0 Å². The number of methoxy groups -OCH3 is 1. The molecule has 0 N–H and O–H groups in total. The summed E-state index contributed by atoms with van der Waals surface area (Å²) in [6.45, 7) is 8.41. The van der Waals surface area contributed by atoms with Crippen LogP contribution in [0.15, 0.2) is 30.9 Å². The van der Waals surface area contributed by atoms with Crippen LogP contribution in [-0.4, -0.2) is 13.7 Å². The summed E-state index contributed by atoms with van der Waals surface area (Å²) in [6, 6.07) is 6.02. The van der Waals surface area contributed by atoms with Crippen LogP contribution in [0.4, 0.5) is 0 Å². The molecule has 0 atom stereocenters. The lowest BCUT2D eigenvalue weighted by molar-refractivity contribution is 0.326. The van der Waals surface area contributed by atoms with Crippen molar-refractivity contribution in [1.29, 1.82) is 0 Å². The molecule has 1 rings (SSSR count). The molecule has 0 fully saturated rings. The van der Waals surface area contributed by atoms with Gasteiger partial charge in [-0.1, -0.05) is 32.6 Å². The molecule has 0 bridgehead atoms. The van der Waals surface area contributed by atoms with Gasteiger partial charge in [-0.05, 0) is 23.6 Å². The van der Waals surface area contributed by atoms with E-state index in [-0.39, 0.29) is 0 Å². The molecular weight excluding hydrogens is 188 g/mol. The van der Waals surface area contributed by atoms with E-state index >= 15 is 0 Å². The number of benzene rings is 1. The van der Waals surface area contributed by atoms with Gasteiger partial charge in [0, 0.05) is 0 Å². The maximum absolute atomic E-state index is 5.47. The summed E-state index contributed by atoms with van der Waals surface area (Å²) in [6.07, 6.45) is 1.72. The van der Waals surface area contributed by atoms with E-state index < -0.39 is 0 Å². The monoisotopic (exact) mass is 206 g/mol. The third-order valence-electron chi connectivity index (χ3n) is 2.21. The third kappa shape index (κ3) is 3.01. The van der Waals surface area contributed by atoms with Crippen molar-refractivity contribution in [1.82, 2.24) is 0 Å². The Bertz CT molecular complexity index is 329. The molecular formula is C13H18O2. The largest absolute Gasteiger partial charge is 0.493 e. The first-order valence-corrected chi connectivity index (χ1v) is 5.10. The van der Waals surface area contributed by atoms with Crippen LogP contribution in [0, 0.1) is 0 Å². The zero-order valence-corrected chi connectivity index (χ0v) is 9.62. The van der Waals surface area contributed by atoms with Gasteiger partial charge in [-0.2, -0.15) is 0 Å². The van der Waals surface area contributed by atoms with Crippen molar-refractivity contribution in [3.63, 3.8) is 0 Å². The van der Waals surface area contributed by atoms with Crippen molar-refractivity contribution < 1.29 is 9.47 Å². The lowest BCUT2D eigenvalue weighted by atomic mass is 10.0. The van der Waals surface area contributed by atoms with E-state index in [1.807, 2.05) is 12.1 Å². The fraction of sp³-hybridized carbons (Fsp3) is 0.385. The maximum Gasteiger partial charge on any atom is 0.161 e. The molecule has 0 radical (unpaired) electrons. The highest BCUT2D eigenvalue weighted by atomic mass is 16.5. The summed E-state index contributed by atoms with van der Waals surface area (Å²) < 4.78 is 10.7. The van der Waals surface area contributed by atoms with E-state index in [0.29, 0.717) is 12.5 Å². The number of hydrogen-bond acceptors (Lipinski definition) is 2. The Hall–Kier alpha value is -1.44. The molecule has 0 aliphatic rings. The van der Waals surface area contributed by atoms with Gasteiger partial charge in [0.25, 0.3) is 0 Å². The van der Waals surface area contributed by atoms with Crippen LogP contribution in [0.25, 0.3) is 0 Å². The van der Waals surface area contributed by atoms with Crippen molar-refractivity contribution in [2.24, 2.45) is 0 Å². The minimum absolute atomic E-state index is 0.493. The second-order valence-corrected chi connectivity index (χ2v) is 3.66. The van der Waals surface area contributed by atoms with Gasteiger partial charge in [0.05, 0.1) is 7.11 Å². The Morgan fingerprint density at radius 3 is 2.60 bits per heavy atom. The highest BCUT2D eigenvalue weighted by Crippen LogP contribution is 2.30. The standard InChI is InChI=1S/C13H18O2/c1-5-8-15-12-7-6-11(10(2)3)9-13(12)14-4/h5-7,9-10H,1,8H2,2-4H3. The maximum atomic E-state index is 5.47. The number of rotatable bonds is 5. The van der Waals surface area contributed by atoms with Crippen molar-refractivity contribution in [2.75, 3.05) is 13.7 Å². The van der Waals surface area contributed by atoms with E-state index in [1.54, 1.807) is 13.2 Å². The van der Waals surface area contributed by atoms with Crippen molar-refractivity contribution in [3.8, 4) is 11.5 Å². The van der Waals surface area contributed by atoms with E-state index in [1.165, 1.54) is 5.56 Å². The van der Waals surface area contributed by atoms with Crippen LogP contribution in [-0.2, 0) is 0 Å². The van der Waals surface area contributed by atoms with Gasteiger partial charge < -0.3 is 9.47 Å². The first-order valence-electron chi connectivity index (χ1n) is 5.10. The van der Waals surface area contributed by atoms with Crippen LogP contribution < -0.4 is 9.47 Å². The summed E-state index contributed by atoms with van der Waals surface area (Å²) in [7, 11) is 1.65. The van der Waals surface area contributed by atoms with Crippen LogP contribution >= 0.6 is 0 Å². The molecule has 0 saturated heterocycles. The van der Waals surface area contributed by atoms with Gasteiger partial charge in [0.15, 0.2) is 11.5 Å². The van der Waals surface area contributed by atoms with Crippen molar-refractivity contribution >= 4 is 0 Å². The van der Waals surface area contributed by atoms with Crippen molar-refractivity contribution in [2.45, 2.75) is 19.8 Å². The highest BCUT2D eigenvalue weighted by molar-refractivity contribution is 5.43. The number of ether oxygens (including phenoxy) is 2. The van der Waals surface area contributed by atoms with Gasteiger partial charge >= 0.3 is 0 Å². The quantitative estimate of drug-likeness (QED) is 0.687. The fourth-order valence-electron chi connectivity index (χ4n) is 1.31. The third-order valence-corrected chi connectivity index (χ3v) is 2.21. The van der Waals surface area contributed by atoms with Gasteiger partial charge in [-0.25, -0.2) is 0 Å². The lowest BCUT2D eigenvalue weighted by Gasteiger charge is -2.12. The lowest BCUT2D eigenvalue weighted by Crippen LogP contribution is -1.97. The summed E-state index contributed by atoms with van der Waals surface area (Å²) in [5.41, 5.74) is 1.25. The van der Waals surface area contributed by atoms with Gasteiger partial charge in [-0.3, -0.25) is 0 Å². The first kappa shape index (κ1) is 11.6. The normalized spacial score (nSPS) is 10.1. The Morgan fingerprint density at radius 1 is 1.33 bits per heavy atom. The predicted molar refractivity (Wildman–Crippen MR) is 62.8 cm³/mol. The topological polar surface area (TPSA) is 18.5 Å². The zero-order valence-electron chi connectivity index (χ0n) is 9.62. The Kier molecular flexibility index (Phi) is 4.22. The molecule has 0 spiro atoms. The van der Waals surface area contributed by atoms with E-state index in [2.05, 4.69) is 26.5 Å². The highest BCUT2D eigenvalue weighted by Gasteiger charge is 2.07. The van der Waals surface area contributed by atoms with Crippen LogP contribution in [0.5, 0.6) is 11.5 Å². The Labute approximate surface area is 91.5 Å². The van der Waals surface area contributed by atoms with Gasteiger partial charge in [-0.15, -0.1) is 0 Å². The van der Waals surface area contributed by atoms with Crippen LogP contribution in [0.1, 0.15) is 25.3 Å². The molecule has 0 aliphatic heterocycles. The summed E-state index contributed by atoms with van der Waals surface area (Å²) in [5, 5.41) is 0. The minimum Gasteiger partial charge on any atom is -0.493 e. The molecule has 2 nitrogen and oxygen atoms in total. The van der Waals surface area contributed by atoms with Crippen LogP contribution in [0.3, 0.4) is 0 Å². The first-order chi connectivity index (χ1) is 7.19. The molecule has 82 valence electrons. The molecule has 1 aromatic carbocycles. The summed E-state index contributed by atoms with van der Waals surface area (Å²) in [5.74, 6) is 2.04. The molecule has 0 saturated carbocycles. The molecule has 0 heterocycles. The molecule has 0 aromatic heterocycles. The Balaban J connectivity index is 2.92. The molecule has 0 amide bonds. The fourth-order valence-corrected chi connectivity index (χ4v) is 1.31. The molecule has 1 aromatic rings. The summed E-state index contributed by atoms with van der Waals surface area (Å²) in [4.78, 5) is 0. The second kappa shape index (κ2) is 5.44.